The largest absolute Gasteiger partial charge is 0.316 e. The van der Waals surface area contributed by atoms with Crippen LogP contribution in [-0.2, 0) is 9.84 Å². The monoisotopic (exact) mass is 177 g/mol. The van der Waals surface area contributed by atoms with E-state index in [0.717, 1.165) is 19.3 Å². The van der Waals surface area contributed by atoms with Gasteiger partial charge in [-0.15, -0.1) is 0 Å². The third kappa shape index (κ3) is 1.93. The van der Waals surface area contributed by atoms with Crippen molar-refractivity contribution in [3.8, 4) is 0 Å². The Morgan fingerprint density at radius 2 is 2.00 bits per heavy atom. The average Bonchev–Trinajstić information content (AvgIpc) is 2.31. The van der Waals surface area contributed by atoms with E-state index in [1.54, 1.807) is 0 Å². The van der Waals surface area contributed by atoms with Crippen LogP contribution in [0.3, 0.4) is 0 Å². The lowest BCUT2D eigenvalue weighted by Gasteiger charge is -2.16. The molecule has 3 nitrogen and oxygen atoms in total. The minimum atomic E-state index is -2.83. The highest BCUT2D eigenvalue weighted by atomic mass is 32.2. The van der Waals surface area contributed by atoms with Crippen LogP contribution in [0, 0.1) is 0 Å². The smallest absolute Gasteiger partial charge is 0.151 e. The summed E-state index contributed by atoms with van der Waals surface area (Å²) >= 11 is 0. The molecule has 66 valence electrons. The second kappa shape index (κ2) is 3.11. The summed E-state index contributed by atoms with van der Waals surface area (Å²) in [6, 6.07) is 0.185. The fourth-order valence-corrected chi connectivity index (χ4v) is 3.23. The van der Waals surface area contributed by atoms with Gasteiger partial charge in [-0.05, 0) is 19.9 Å². The SMILES string of the molecule is CN[C@H]1CCC[C@H]1S(C)(=O)=O. The second-order valence-corrected chi connectivity index (χ2v) is 5.46. The third-order valence-corrected chi connectivity index (χ3v) is 4.04. The Kier molecular flexibility index (Phi) is 2.54. The van der Waals surface area contributed by atoms with E-state index in [1.807, 2.05) is 7.05 Å². The summed E-state index contributed by atoms with van der Waals surface area (Å²) in [6.45, 7) is 0. The Morgan fingerprint density at radius 3 is 2.36 bits per heavy atom. The molecule has 4 heteroatoms. The van der Waals surface area contributed by atoms with Crippen LogP contribution < -0.4 is 5.32 Å². The number of hydrogen-bond acceptors (Lipinski definition) is 3. The maximum absolute atomic E-state index is 11.2. The molecule has 0 spiro atoms. The molecule has 0 saturated heterocycles. The van der Waals surface area contributed by atoms with Gasteiger partial charge in [0.15, 0.2) is 9.84 Å². The van der Waals surface area contributed by atoms with E-state index in [2.05, 4.69) is 5.32 Å². The van der Waals surface area contributed by atoms with E-state index >= 15 is 0 Å². The molecule has 0 heterocycles. The van der Waals surface area contributed by atoms with Crippen LogP contribution >= 0.6 is 0 Å². The summed E-state index contributed by atoms with van der Waals surface area (Å²) < 4.78 is 22.3. The fourth-order valence-electron chi connectivity index (χ4n) is 1.77. The Morgan fingerprint density at radius 1 is 1.36 bits per heavy atom. The molecule has 1 aliphatic carbocycles. The molecule has 1 aliphatic rings. The van der Waals surface area contributed by atoms with Crippen LogP contribution in [-0.4, -0.2) is 33.0 Å². The van der Waals surface area contributed by atoms with Crippen LogP contribution in [0.25, 0.3) is 0 Å². The van der Waals surface area contributed by atoms with Gasteiger partial charge in [0.05, 0.1) is 5.25 Å². The van der Waals surface area contributed by atoms with Crippen molar-refractivity contribution in [1.29, 1.82) is 0 Å². The Hall–Kier alpha value is -0.0900. The molecular weight excluding hydrogens is 162 g/mol. The molecule has 0 aliphatic heterocycles. The topological polar surface area (TPSA) is 46.2 Å². The minimum absolute atomic E-state index is 0.146. The average molecular weight is 177 g/mol. The van der Waals surface area contributed by atoms with Crippen molar-refractivity contribution < 1.29 is 8.42 Å². The van der Waals surface area contributed by atoms with Crippen LogP contribution in [0.1, 0.15) is 19.3 Å². The zero-order valence-electron chi connectivity index (χ0n) is 7.00. The van der Waals surface area contributed by atoms with Crippen molar-refractivity contribution in [2.75, 3.05) is 13.3 Å². The van der Waals surface area contributed by atoms with Gasteiger partial charge in [0, 0.05) is 12.3 Å². The number of rotatable bonds is 2. The van der Waals surface area contributed by atoms with Gasteiger partial charge in [-0.2, -0.15) is 0 Å². The molecule has 1 N–H and O–H groups in total. The van der Waals surface area contributed by atoms with Crippen molar-refractivity contribution in [2.24, 2.45) is 0 Å². The zero-order chi connectivity index (χ0) is 8.48. The molecule has 0 radical (unpaired) electrons. The molecule has 0 aromatic heterocycles. The van der Waals surface area contributed by atoms with E-state index in [9.17, 15) is 8.42 Å². The second-order valence-electron chi connectivity index (χ2n) is 3.19. The molecule has 0 aromatic carbocycles. The van der Waals surface area contributed by atoms with E-state index in [-0.39, 0.29) is 11.3 Å². The maximum atomic E-state index is 11.2. The number of nitrogens with one attached hydrogen (secondary N) is 1. The Balaban J connectivity index is 2.72. The number of sulfone groups is 1. The van der Waals surface area contributed by atoms with Gasteiger partial charge in [-0.3, -0.25) is 0 Å². The first-order valence-corrected chi connectivity index (χ1v) is 5.87. The van der Waals surface area contributed by atoms with Crippen LogP contribution in [0.15, 0.2) is 0 Å². The van der Waals surface area contributed by atoms with Crippen LogP contribution in [0.5, 0.6) is 0 Å². The maximum Gasteiger partial charge on any atom is 0.151 e. The molecule has 1 rings (SSSR count). The Labute approximate surface area is 68.1 Å². The van der Waals surface area contributed by atoms with Gasteiger partial charge in [-0.1, -0.05) is 6.42 Å². The summed E-state index contributed by atoms with van der Waals surface area (Å²) in [7, 11) is -0.999. The molecule has 0 amide bonds. The molecule has 11 heavy (non-hydrogen) atoms. The van der Waals surface area contributed by atoms with E-state index < -0.39 is 9.84 Å². The van der Waals surface area contributed by atoms with Gasteiger partial charge < -0.3 is 5.32 Å². The lowest BCUT2D eigenvalue weighted by Crippen LogP contribution is -2.37. The van der Waals surface area contributed by atoms with Gasteiger partial charge in [0.25, 0.3) is 0 Å². The van der Waals surface area contributed by atoms with Crippen LogP contribution in [0.2, 0.25) is 0 Å². The first kappa shape index (κ1) is 9.00. The van der Waals surface area contributed by atoms with Gasteiger partial charge in [-0.25, -0.2) is 8.42 Å². The van der Waals surface area contributed by atoms with Crippen molar-refractivity contribution in [1.82, 2.24) is 5.32 Å². The van der Waals surface area contributed by atoms with E-state index in [0.29, 0.717) is 0 Å². The standard InChI is InChI=1S/C7H15NO2S/c1-8-6-4-3-5-7(6)11(2,9)10/h6-8H,3-5H2,1-2H3/t6-,7+/m0/s1. The summed E-state index contributed by atoms with van der Waals surface area (Å²) in [5.74, 6) is 0. The molecule has 2 atom stereocenters. The van der Waals surface area contributed by atoms with Gasteiger partial charge in [0.1, 0.15) is 0 Å². The van der Waals surface area contributed by atoms with E-state index in [1.165, 1.54) is 6.26 Å². The molecule has 0 unspecified atom stereocenters. The van der Waals surface area contributed by atoms with Crippen molar-refractivity contribution in [2.45, 2.75) is 30.6 Å². The number of hydrogen-bond donors (Lipinski definition) is 1. The lowest BCUT2D eigenvalue weighted by atomic mass is 10.2. The molecule has 1 saturated carbocycles. The van der Waals surface area contributed by atoms with Gasteiger partial charge in [0.2, 0.25) is 0 Å². The lowest BCUT2D eigenvalue weighted by molar-refractivity contribution is 0.542. The highest BCUT2D eigenvalue weighted by Gasteiger charge is 2.33. The third-order valence-electron chi connectivity index (χ3n) is 2.37. The normalized spacial score (nSPS) is 32.5. The minimum Gasteiger partial charge on any atom is -0.316 e. The van der Waals surface area contributed by atoms with Crippen molar-refractivity contribution in [3.63, 3.8) is 0 Å². The quantitative estimate of drug-likeness (QED) is 0.654. The highest BCUT2D eigenvalue weighted by Crippen LogP contribution is 2.24. The van der Waals surface area contributed by atoms with E-state index in [4.69, 9.17) is 0 Å². The first-order valence-electron chi connectivity index (χ1n) is 3.92. The predicted molar refractivity (Wildman–Crippen MR) is 45.3 cm³/mol. The van der Waals surface area contributed by atoms with Crippen molar-refractivity contribution in [3.05, 3.63) is 0 Å². The van der Waals surface area contributed by atoms with Crippen molar-refractivity contribution >= 4 is 9.84 Å². The summed E-state index contributed by atoms with van der Waals surface area (Å²) in [6.07, 6.45) is 4.18. The van der Waals surface area contributed by atoms with Gasteiger partial charge >= 0.3 is 0 Å². The summed E-state index contributed by atoms with van der Waals surface area (Å²) in [5, 5.41) is 2.90. The fraction of sp³-hybridized carbons (Fsp3) is 1.00. The van der Waals surface area contributed by atoms with Crippen LogP contribution in [0.4, 0.5) is 0 Å². The summed E-state index contributed by atoms with van der Waals surface area (Å²) in [5.41, 5.74) is 0. The summed E-state index contributed by atoms with van der Waals surface area (Å²) in [4.78, 5) is 0. The Bertz CT molecular complexity index is 223. The molecule has 1 fully saturated rings. The molecular formula is C7H15NO2S. The highest BCUT2D eigenvalue weighted by molar-refractivity contribution is 7.91. The molecule has 0 bridgehead atoms. The first-order chi connectivity index (χ1) is 5.05. The zero-order valence-corrected chi connectivity index (χ0v) is 7.82. The molecule has 0 aromatic rings. The predicted octanol–water partition coefficient (Wildman–Crippen LogP) is 0.171.